The Kier molecular flexibility index (Phi) is 21.3. The topological polar surface area (TPSA) is 173 Å². The first-order valence-corrected chi connectivity index (χ1v) is 28.8. The fourth-order valence-electron chi connectivity index (χ4n) is 11.4. The smallest absolute Gasteiger partial charge is 0.329 e. The van der Waals surface area contributed by atoms with Crippen molar-refractivity contribution >= 4 is 61.0 Å². The molecule has 0 aromatic rings. The molecule has 3 fully saturated rings. The standard InChI is InChI=1S/C52H84INO13Si/c1-16-18-36-24-30(2)23-31(3)25-41(61-11)46-42(62-12)26-33(5)52(60,66-46)47(57)48(58)54-38(19-17-20-44(54)53)49(59)65-45(34(6)40(27-39(36)56)64-35(7)55)32(4)28-51(67-68(14)15)22-21-37(50(8,9)10)43(29-51)63-13/h16,24,28,31,33-34,36-38,40-46,60,68H,1,17-23,25-27,29H2,2-15H3. The highest BCUT2D eigenvalue weighted by Crippen LogP contribution is 2.46. The molecule has 0 spiro atoms. The molecule has 1 aliphatic carbocycles. The van der Waals surface area contributed by atoms with E-state index in [0.29, 0.717) is 50.5 Å². The third-order valence-corrected chi connectivity index (χ3v) is 17.0. The van der Waals surface area contributed by atoms with Gasteiger partial charge in [0.1, 0.15) is 30.1 Å². The number of nitrogens with zero attached hydrogens (tertiary/aromatic N) is 1. The number of ether oxygens (including phenoxy) is 6. The first kappa shape index (κ1) is 58.2. The van der Waals surface area contributed by atoms with Crippen LogP contribution >= 0.6 is 22.6 Å². The van der Waals surface area contributed by atoms with E-state index in [0.717, 1.165) is 12.0 Å². The summed E-state index contributed by atoms with van der Waals surface area (Å²) in [5.74, 6) is -8.32. The van der Waals surface area contributed by atoms with Crippen molar-refractivity contribution in [1.82, 2.24) is 4.90 Å². The molecule has 4 aliphatic rings. The van der Waals surface area contributed by atoms with Crippen LogP contribution in [-0.4, -0.2) is 128 Å². The van der Waals surface area contributed by atoms with E-state index in [1.165, 1.54) is 26.0 Å². The lowest BCUT2D eigenvalue weighted by molar-refractivity contribution is -0.302. The zero-order chi connectivity index (χ0) is 51.1. The zero-order valence-corrected chi connectivity index (χ0v) is 46.8. The van der Waals surface area contributed by atoms with Crippen molar-refractivity contribution in [2.75, 3.05) is 21.3 Å². The van der Waals surface area contributed by atoms with E-state index in [9.17, 15) is 24.3 Å². The van der Waals surface area contributed by atoms with Crippen LogP contribution in [0.25, 0.3) is 0 Å². The molecule has 0 aromatic heterocycles. The first-order chi connectivity index (χ1) is 31.8. The number of allylic oxidation sites excluding steroid dienone is 3. The van der Waals surface area contributed by atoms with Gasteiger partial charge in [0.05, 0.1) is 28.0 Å². The Morgan fingerprint density at radius 3 is 2.18 bits per heavy atom. The molecule has 16 heteroatoms. The molecule has 14 nitrogen and oxygen atoms in total. The molecule has 2 saturated heterocycles. The maximum absolute atomic E-state index is 15.0. The van der Waals surface area contributed by atoms with Gasteiger partial charge in [0.2, 0.25) is 5.79 Å². The van der Waals surface area contributed by atoms with Crippen molar-refractivity contribution in [1.29, 1.82) is 0 Å². The predicted octanol–water partition coefficient (Wildman–Crippen LogP) is 8.39. The Morgan fingerprint density at radius 1 is 0.971 bits per heavy atom. The van der Waals surface area contributed by atoms with Crippen molar-refractivity contribution in [3.63, 3.8) is 0 Å². The Balaban J connectivity index is 1.94. The lowest BCUT2D eigenvalue weighted by atomic mass is 9.66. The molecule has 15 unspecified atom stereocenters. The van der Waals surface area contributed by atoms with Crippen LogP contribution in [0.1, 0.15) is 133 Å². The molecule has 4 rings (SSSR count). The summed E-state index contributed by atoms with van der Waals surface area (Å²) in [6, 6.07) is -1.22. The summed E-state index contributed by atoms with van der Waals surface area (Å²) in [7, 11) is 3.09. The number of fused-ring (bicyclic) bond motifs is 3. The van der Waals surface area contributed by atoms with Gasteiger partial charge in [0.15, 0.2) is 9.04 Å². The summed E-state index contributed by atoms with van der Waals surface area (Å²) in [4.78, 5) is 73.1. The molecular weight excluding hydrogens is 1000 g/mol. The van der Waals surface area contributed by atoms with Gasteiger partial charge in [0.25, 0.3) is 11.7 Å². The highest BCUT2D eigenvalue weighted by molar-refractivity contribution is 14.1. The lowest BCUT2D eigenvalue weighted by Crippen LogP contribution is -2.65. The number of amides is 1. The molecule has 1 amide bonds. The minimum absolute atomic E-state index is 0.0228. The number of rotatable bonds is 10. The number of ketones is 2. The predicted molar refractivity (Wildman–Crippen MR) is 271 cm³/mol. The second kappa shape index (κ2) is 24.9. The molecule has 3 heterocycles. The molecular formula is C52H84INO13Si. The van der Waals surface area contributed by atoms with Gasteiger partial charge in [-0.05, 0) is 108 Å². The van der Waals surface area contributed by atoms with Crippen molar-refractivity contribution in [2.24, 2.45) is 35.0 Å². The Bertz CT molecular complexity index is 1850. The summed E-state index contributed by atoms with van der Waals surface area (Å²) in [6.07, 6.45) is 5.97. The van der Waals surface area contributed by atoms with Crippen LogP contribution in [-0.2, 0) is 56.8 Å². The summed E-state index contributed by atoms with van der Waals surface area (Å²) < 4.78 is 43.4. The molecule has 1 saturated carbocycles. The molecule has 386 valence electrons. The van der Waals surface area contributed by atoms with Crippen LogP contribution < -0.4 is 0 Å². The van der Waals surface area contributed by atoms with E-state index in [-0.39, 0.29) is 48.4 Å². The van der Waals surface area contributed by atoms with Crippen molar-refractivity contribution < 1.29 is 61.9 Å². The molecule has 0 radical (unpaired) electrons. The van der Waals surface area contributed by atoms with Gasteiger partial charge in [0, 0.05) is 58.8 Å². The van der Waals surface area contributed by atoms with E-state index in [2.05, 4.69) is 63.0 Å². The number of Topliss-reactive ketones (excluding diaryl/α,β-unsaturated/α-hetero) is 2. The number of alkyl halides is 1. The van der Waals surface area contributed by atoms with Crippen LogP contribution in [0.4, 0.5) is 0 Å². The number of aliphatic hydroxyl groups is 1. The molecule has 3 aliphatic heterocycles. The summed E-state index contributed by atoms with van der Waals surface area (Å²) in [5, 5.41) is 12.3. The van der Waals surface area contributed by atoms with Gasteiger partial charge in [-0.3, -0.25) is 19.2 Å². The molecule has 68 heavy (non-hydrogen) atoms. The minimum atomic E-state index is -2.56. The van der Waals surface area contributed by atoms with E-state index in [4.69, 9.17) is 32.8 Å². The molecule has 15 atom stereocenters. The van der Waals surface area contributed by atoms with Crippen LogP contribution in [0.3, 0.4) is 0 Å². The van der Waals surface area contributed by atoms with Gasteiger partial charge >= 0.3 is 11.9 Å². The SMILES string of the molecule is C=CCC1C=C(C)CC(C)CC(OC)C2OC(O)(C(=O)C(=O)N3C(I)CCCC3C(=O)OC(C(C)=CC3(O[SiH](C)C)CCC(C(C)(C)C)C(OC)C3)C(C)C(OC(C)=O)CC1=O)C(C)CC2OC. The summed E-state index contributed by atoms with van der Waals surface area (Å²) in [6.45, 7) is 25.4. The van der Waals surface area contributed by atoms with Gasteiger partial charge in [-0.1, -0.05) is 87.9 Å². The van der Waals surface area contributed by atoms with Crippen molar-refractivity contribution in [3.8, 4) is 0 Å². The fourth-order valence-corrected chi connectivity index (χ4v) is 13.7. The van der Waals surface area contributed by atoms with Crippen molar-refractivity contribution in [2.45, 2.75) is 204 Å². The van der Waals surface area contributed by atoms with Gasteiger partial charge in [-0.2, -0.15) is 0 Å². The number of piperidine rings is 1. The second-order valence-electron chi connectivity index (χ2n) is 21.7. The number of carbonyl (C=O) groups is 5. The summed E-state index contributed by atoms with van der Waals surface area (Å²) in [5.41, 5.74) is 0.768. The maximum atomic E-state index is 15.0. The van der Waals surface area contributed by atoms with E-state index in [1.807, 2.05) is 32.9 Å². The highest BCUT2D eigenvalue weighted by atomic mass is 127. The van der Waals surface area contributed by atoms with Crippen LogP contribution in [0, 0.1) is 35.0 Å². The highest BCUT2D eigenvalue weighted by Gasteiger charge is 2.57. The number of cyclic esters (lactones) is 1. The van der Waals surface area contributed by atoms with E-state index >= 15 is 4.79 Å². The number of hydrogen-bond acceptors (Lipinski definition) is 13. The van der Waals surface area contributed by atoms with Crippen LogP contribution in [0.15, 0.2) is 36.0 Å². The average molecular weight is 1090 g/mol. The fraction of sp³-hybridized carbons (Fsp3) is 0.788. The van der Waals surface area contributed by atoms with Crippen LogP contribution in [0.5, 0.6) is 0 Å². The number of methoxy groups -OCH3 is 3. The Morgan fingerprint density at radius 2 is 1.60 bits per heavy atom. The number of carbonyl (C=O) groups excluding carboxylic acids is 5. The Hall–Kier alpha value is -2.32. The molecule has 1 N–H and O–H groups in total. The van der Waals surface area contributed by atoms with Crippen LogP contribution in [0.2, 0.25) is 13.1 Å². The van der Waals surface area contributed by atoms with Gasteiger partial charge < -0.3 is 42.9 Å². The third kappa shape index (κ3) is 14.2. The maximum Gasteiger partial charge on any atom is 0.329 e. The van der Waals surface area contributed by atoms with E-state index in [1.54, 1.807) is 27.0 Å². The third-order valence-electron chi connectivity index (χ3n) is 14.8. The minimum Gasteiger partial charge on any atom is -0.462 e. The monoisotopic (exact) mass is 1090 g/mol. The largest absolute Gasteiger partial charge is 0.462 e. The quantitative estimate of drug-likeness (QED) is 0.0421. The summed E-state index contributed by atoms with van der Waals surface area (Å²) >= 11 is 2.06. The Labute approximate surface area is 422 Å². The van der Waals surface area contributed by atoms with E-state index < -0.39 is 102 Å². The lowest BCUT2D eigenvalue weighted by Gasteiger charge is -2.48. The van der Waals surface area contributed by atoms with Crippen molar-refractivity contribution in [3.05, 3.63) is 36.0 Å². The van der Waals surface area contributed by atoms with Gasteiger partial charge in [-0.15, -0.1) is 6.58 Å². The first-order valence-electron chi connectivity index (χ1n) is 24.8. The normalized spacial score (nSPS) is 38.0. The zero-order valence-electron chi connectivity index (χ0n) is 43.5. The second-order valence-corrected chi connectivity index (χ2v) is 25.5. The number of esters is 2. The average Bonchev–Trinajstić information content (AvgIpc) is 3.25. The molecule has 2 bridgehead atoms. The number of halogens is 1. The number of hydrogen-bond donors (Lipinski definition) is 1. The molecule has 0 aromatic carbocycles. The van der Waals surface area contributed by atoms with Gasteiger partial charge in [-0.25, -0.2) is 4.79 Å².